The van der Waals surface area contributed by atoms with Crippen LogP contribution in [-0.4, -0.2) is 16.9 Å². The van der Waals surface area contributed by atoms with E-state index in [0.717, 1.165) is 0 Å². The van der Waals surface area contributed by atoms with Crippen molar-refractivity contribution in [3.63, 3.8) is 0 Å². The van der Waals surface area contributed by atoms with Crippen LogP contribution in [0, 0.1) is 11.8 Å². The maximum atomic E-state index is 9.88. The van der Waals surface area contributed by atoms with E-state index in [1.54, 1.807) is 0 Å². The molecule has 0 spiro atoms. The van der Waals surface area contributed by atoms with E-state index in [9.17, 15) is 9.59 Å². The molecule has 0 atom stereocenters. The molecule has 0 rings (SSSR count). The van der Waals surface area contributed by atoms with Gasteiger partial charge in [-0.3, -0.25) is 9.59 Å². The number of Topliss-reactive ketones (excluding diaryl/α,β-unsaturated/α-hetero) is 1. The topological polar surface area (TPSA) is 83.9 Å². The van der Waals surface area contributed by atoms with Gasteiger partial charge >= 0.3 is 103 Å². The van der Waals surface area contributed by atoms with E-state index in [0.29, 0.717) is 5.33 Å². The Morgan fingerprint density at radius 1 is 1.28 bits per heavy atom. The zero-order valence-electron chi connectivity index (χ0n) is 12.4. The van der Waals surface area contributed by atoms with Crippen molar-refractivity contribution in [2.75, 3.05) is 5.33 Å². The largest absolute Gasteiger partial charge is 1.00 e. The van der Waals surface area contributed by atoms with E-state index in [1.165, 1.54) is 26.1 Å². The van der Waals surface area contributed by atoms with Crippen LogP contribution in [0.2, 0.25) is 0 Å². The Kier molecular flexibility index (Phi) is 139. The number of carbonyl (C=O) groups is 2. The molecule has 0 radical (unpaired) electrons. The third-order valence-electron chi connectivity index (χ3n) is 0.519. The van der Waals surface area contributed by atoms with Crippen molar-refractivity contribution in [3.8, 4) is 6.57 Å². The second-order valence-corrected chi connectivity index (χ2v) is 2.37. The van der Waals surface area contributed by atoms with Gasteiger partial charge in [-0.05, 0) is 26.1 Å². The summed E-state index contributed by atoms with van der Waals surface area (Å²) in [7, 11) is 0. The molecule has 0 unspecified atom stereocenters. The Labute approximate surface area is 221 Å². The summed E-state index contributed by atoms with van der Waals surface area (Å²) >= 11 is 2.96. The first-order chi connectivity index (χ1) is 6.04. The van der Waals surface area contributed by atoms with Gasteiger partial charge < -0.3 is 8.59 Å². The predicted octanol–water partition coefficient (Wildman–Crippen LogP) is -3.34. The van der Waals surface area contributed by atoms with Crippen molar-refractivity contribution >= 4 is 27.5 Å². The molecule has 0 aromatic heterocycles. The van der Waals surface area contributed by atoms with Gasteiger partial charge in [0.2, 0.25) is 0 Å². The second kappa shape index (κ2) is 50.3. The van der Waals surface area contributed by atoms with Gasteiger partial charge in [0.25, 0.3) is 0 Å². The van der Waals surface area contributed by atoms with Gasteiger partial charge in [0.05, 0.1) is 5.33 Å². The maximum absolute atomic E-state index is 9.88. The zero-order chi connectivity index (χ0) is 11.3. The van der Waals surface area contributed by atoms with Crippen LogP contribution in [0.4, 0.5) is 0 Å². The van der Waals surface area contributed by atoms with Gasteiger partial charge in [0.1, 0.15) is 5.78 Å². The van der Waals surface area contributed by atoms with Crippen molar-refractivity contribution in [3.05, 3.63) is 12.3 Å². The van der Waals surface area contributed by atoms with E-state index in [4.69, 9.17) is 11.0 Å². The van der Waals surface area contributed by atoms with E-state index < -0.39 is 0 Å². The summed E-state index contributed by atoms with van der Waals surface area (Å²) in [6.45, 7) is 6.48. The van der Waals surface area contributed by atoms with Gasteiger partial charge in [0.15, 0.2) is 5.78 Å². The van der Waals surface area contributed by atoms with Crippen LogP contribution in [0.1, 0.15) is 31.6 Å². The first-order valence-corrected chi connectivity index (χ1v) is 4.36. The average molecular weight is 427 g/mol. The van der Waals surface area contributed by atoms with E-state index >= 15 is 0 Å². The summed E-state index contributed by atoms with van der Waals surface area (Å²) in [6, 6.07) is 0. The number of nitriles is 1. The number of nitrogens with two attached hydrogens (primary N) is 1. The van der Waals surface area contributed by atoms with Gasteiger partial charge in [-0.2, -0.15) is 0 Å². The Morgan fingerprint density at radius 2 is 1.50 bits per heavy atom. The molecule has 0 fully saturated rings. The van der Waals surface area contributed by atoms with Gasteiger partial charge in [0, 0.05) is 26.1 Å². The fourth-order valence-corrected chi connectivity index (χ4v) is 0.136. The van der Waals surface area contributed by atoms with E-state index in [-0.39, 0.29) is 152 Å². The second-order valence-electron chi connectivity index (χ2n) is 1.81. The maximum Gasteiger partial charge on any atom is 1.00 e. The molecule has 0 aliphatic rings. The quantitative estimate of drug-likeness (QED) is 0.284. The summed E-state index contributed by atoms with van der Waals surface area (Å²) < 4.78 is 0. The minimum atomic E-state index is -0.0162. The normalized spacial score (nSPS) is 5.39. The van der Waals surface area contributed by atoms with Crippen LogP contribution in [0.15, 0.2) is 12.3 Å². The van der Waals surface area contributed by atoms with E-state index in [2.05, 4.69) is 22.5 Å². The van der Waals surface area contributed by atoms with Crippen LogP contribution in [-0.2, 0) is 29.1 Å². The van der Waals surface area contributed by atoms with Gasteiger partial charge in [-0.1, -0.05) is 30.8 Å². The van der Waals surface area contributed by atoms with Crippen molar-refractivity contribution in [2.45, 2.75) is 28.7 Å². The van der Waals surface area contributed by atoms with Crippen molar-refractivity contribution in [2.24, 2.45) is 5.73 Å². The first-order valence-electron chi connectivity index (χ1n) is 3.24. The Balaban J connectivity index is -0.00000000849. The minimum absolute atomic E-state index is 0. The molecule has 0 saturated carbocycles. The summed E-state index contributed by atoms with van der Waals surface area (Å²) in [5, 5.41) is 6.98. The van der Waals surface area contributed by atoms with Crippen molar-refractivity contribution in [1.82, 2.24) is 0 Å². The number of nitrogens with zero attached hydrogens (tertiary/aromatic N) is 1. The number of ketones is 2. The van der Waals surface area contributed by atoms with Crippen LogP contribution in [0.5, 0.6) is 0 Å². The number of hydrogen-bond donors (Lipinski definition) is 1. The SMILES string of the molecule is C.C.C#N.CC(=O)/C=C\N.CC(=O)CBr.[H-].[H-].[K+].[K+].[Zn]. The summed E-state index contributed by atoms with van der Waals surface area (Å²) in [6.07, 6.45) is 2.53. The number of hydrogen-bond acceptors (Lipinski definition) is 4. The molecule has 0 aliphatic carbocycles. The van der Waals surface area contributed by atoms with Crippen molar-refractivity contribution < 1.29 is 135 Å². The molecule has 18 heavy (non-hydrogen) atoms. The third kappa shape index (κ3) is 98.4. The Morgan fingerprint density at radius 3 is 1.50 bits per heavy atom. The smallest absolute Gasteiger partial charge is 1.00 e. The zero-order valence-corrected chi connectivity index (χ0v) is 21.2. The molecule has 0 bridgehead atoms. The summed E-state index contributed by atoms with van der Waals surface area (Å²) in [5.74, 6) is 0.155. The van der Waals surface area contributed by atoms with Gasteiger partial charge in [-0.15, -0.1) is 0 Å². The molecular formula is C10H23BrK2N2O2Zn. The molecule has 8 heteroatoms. The molecule has 0 amide bonds. The monoisotopic (exact) mass is 424 g/mol. The molecular weight excluding hydrogens is 404 g/mol. The molecule has 0 aromatic carbocycles. The number of carbonyl (C=O) groups excluding carboxylic acids is 2. The molecule has 4 nitrogen and oxygen atoms in total. The molecule has 0 aromatic rings. The summed E-state index contributed by atoms with van der Waals surface area (Å²) in [4.78, 5) is 19.6. The molecule has 0 saturated heterocycles. The Bertz CT molecular complexity index is 213. The molecule has 2 N–H and O–H groups in total. The third-order valence-corrected chi connectivity index (χ3v) is 1.31. The van der Waals surface area contributed by atoms with Crippen LogP contribution >= 0.6 is 15.9 Å². The average Bonchev–Trinajstić information content (AvgIpc) is 2.09. The fourth-order valence-electron chi connectivity index (χ4n) is 0.136. The molecule has 96 valence electrons. The molecule has 0 heterocycles. The standard InChI is InChI=1S/C4H7NO.C3H5BrO.CHN.2CH4.2K.Zn.2H/c1-4(6)2-3-5;1-3(5)2-4;1-2;;;;;;;/h2-3H,5H2,1H3;2H2,1H3;1H;2*1H4;;;;;/q;;;;;2*+1;;2*-1/b3-2-;;;;;;;;;. The minimum Gasteiger partial charge on any atom is -1.00 e. The van der Waals surface area contributed by atoms with E-state index in [1.807, 2.05) is 0 Å². The molecule has 0 aliphatic heterocycles. The van der Waals surface area contributed by atoms with Crippen molar-refractivity contribution in [1.29, 1.82) is 5.26 Å². The van der Waals surface area contributed by atoms with Crippen LogP contribution in [0.25, 0.3) is 0 Å². The predicted molar refractivity (Wildman–Crippen MR) is 70.8 cm³/mol. The fraction of sp³-hybridized carbons (Fsp3) is 0.500. The first kappa shape index (κ1) is 49.8. The number of halogens is 1. The summed E-state index contributed by atoms with van der Waals surface area (Å²) in [5.41, 5.74) is 4.83. The van der Waals surface area contributed by atoms with Gasteiger partial charge in [-0.25, -0.2) is 5.26 Å². The number of allylic oxidation sites excluding steroid dienone is 1. The van der Waals surface area contributed by atoms with Crippen LogP contribution < -0.4 is 109 Å². The number of rotatable bonds is 2. The van der Waals surface area contributed by atoms with Crippen LogP contribution in [0.3, 0.4) is 0 Å². The number of alkyl halides is 1. The Hall–Kier alpha value is 2.75.